The molecule has 6 rings (SSSR count). The van der Waals surface area contributed by atoms with Crippen LogP contribution in [0.5, 0.6) is 11.5 Å². The number of ether oxygens (including phenoxy) is 3. The molecule has 3 aliphatic heterocycles. The van der Waals surface area contributed by atoms with Gasteiger partial charge < -0.3 is 30.2 Å². The molecule has 3 aliphatic rings. The van der Waals surface area contributed by atoms with E-state index < -0.39 is 23.6 Å². The Bertz CT molecular complexity index is 1250. The minimum absolute atomic E-state index is 0.112. The van der Waals surface area contributed by atoms with Gasteiger partial charge in [0.15, 0.2) is 11.6 Å². The van der Waals surface area contributed by atoms with Crippen LogP contribution in [0.25, 0.3) is 11.1 Å². The highest BCUT2D eigenvalue weighted by Gasteiger charge is 2.48. The molecule has 3 N–H and O–H groups in total. The van der Waals surface area contributed by atoms with Crippen LogP contribution in [-0.2, 0) is 15.1 Å². The van der Waals surface area contributed by atoms with Crippen LogP contribution in [0.2, 0.25) is 0 Å². The second kappa shape index (κ2) is 8.28. The highest BCUT2D eigenvalue weighted by molar-refractivity contribution is 5.70. The van der Waals surface area contributed by atoms with E-state index in [0.717, 1.165) is 5.69 Å². The number of pyridine rings is 1. The Morgan fingerprint density at radius 1 is 1.09 bits per heavy atom. The zero-order chi connectivity index (χ0) is 23.3. The van der Waals surface area contributed by atoms with Crippen LogP contribution in [0.15, 0.2) is 48.7 Å². The number of nitrogens with one attached hydrogen (secondary N) is 1. The summed E-state index contributed by atoms with van der Waals surface area (Å²) in [6, 6.07) is 12.0. The number of rotatable bonds is 2. The second-order valence-electron chi connectivity index (χ2n) is 8.67. The number of nitrogens with two attached hydrogens (primary N) is 1. The molecule has 7 nitrogen and oxygen atoms in total. The average Bonchev–Trinajstić information content (AvgIpc) is 2.86. The van der Waals surface area contributed by atoms with Gasteiger partial charge in [0.1, 0.15) is 17.6 Å². The van der Waals surface area contributed by atoms with Crippen molar-refractivity contribution < 1.29 is 23.0 Å². The van der Waals surface area contributed by atoms with Gasteiger partial charge in [0.05, 0.1) is 13.2 Å². The summed E-state index contributed by atoms with van der Waals surface area (Å²) < 4.78 is 47.9. The van der Waals surface area contributed by atoms with E-state index >= 15 is 4.39 Å². The molecule has 1 unspecified atom stereocenters. The predicted molar refractivity (Wildman–Crippen MR) is 122 cm³/mol. The molecule has 0 aliphatic carbocycles. The van der Waals surface area contributed by atoms with E-state index in [0.29, 0.717) is 67.4 Å². The molecule has 1 aromatic heterocycles. The topological polar surface area (TPSA) is 81.9 Å². The maximum Gasteiger partial charge on any atom is 0.220 e. The monoisotopic (exact) mass is 466 g/mol. The standard InChI is InChI=1S/C25H24F2N4O3/c26-20-12-16(31-6-8-32-9-7-31)11-19-23(20)33-21-4-3-15(17-2-1-5-30-24(17)27)10-18(21)25(19)14-29-13-22(28)34-25/h1-5,10-12,22,29H,6-9,13-14,28H2/t22-,25?/m0/s1. The van der Waals surface area contributed by atoms with Crippen LogP contribution in [0.3, 0.4) is 0 Å². The number of morpholine rings is 2. The third kappa shape index (κ3) is 3.43. The summed E-state index contributed by atoms with van der Waals surface area (Å²) in [6.07, 6.45) is 0.780. The van der Waals surface area contributed by atoms with Crippen LogP contribution < -0.4 is 20.7 Å². The van der Waals surface area contributed by atoms with Crippen molar-refractivity contribution >= 4 is 5.69 Å². The van der Waals surface area contributed by atoms with Crippen LogP contribution in [0.1, 0.15) is 11.1 Å². The number of nitrogens with zero attached hydrogens (tertiary/aromatic N) is 2. The fourth-order valence-corrected chi connectivity index (χ4v) is 5.00. The van der Waals surface area contributed by atoms with E-state index in [1.807, 2.05) is 12.1 Å². The lowest BCUT2D eigenvalue weighted by molar-refractivity contribution is -0.0972. The summed E-state index contributed by atoms with van der Waals surface area (Å²) in [4.78, 5) is 5.84. The smallest absolute Gasteiger partial charge is 0.220 e. The van der Waals surface area contributed by atoms with Gasteiger partial charge >= 0.3 is 0 Å². The van der Waals surface area contributed by atoms with Crippen LogP contribution in [-0.4, -0.2) is 50.6 Å². The Hall–Kier alpha value is -3.11. The fraction of sp³-hybridized carbons (Fsp3) is 0.320. The molecule has 34 heavy (non-hydrogen) atoms. The Kier molecular flexibility index (Phi) is 5.22. The van der Waals surface area contributed by atoms with Crippen LogP contribution in [0.4, 0.5) is 14.5 Å². The minimum atomic E-state index is -1.11. The van der Waals surface area contributed by atoms with Gasteiger partial charge in [-0.3, -0.25) is 0 Å². The van der Waals surface area contributed by atoms with E-state index in [-0.39, 0.29) is 5.75 Å². The zero-order valence-electron chi connectivity index (χ0n) is 18.4. The number of hydrogen-bond donors (Lipinski definition) is 2. The maximum atomic E-state index is 15.5. The summed E-state index contributed by atoms with van der Waals surface area (Å²) in [7, 11) is 0. The van der Waals surface area contributed by atoms with Crippen molar-refractivity contribution in [1.82, 2.24) is 10.3 Å². The van der Waals surface area contributed by atoms with Gasteiger partial charge in [-0.25, -0.2) is 9.37 Å². The first-order valence-corrected chi connectivity index (χ1v) is 11.3. The van der Waals surface area contributed by atoms with Crippen molar-refractivity contribution in [3.63, 3.8) is 0 Å². The van der Waals surface area contributed by atoms with Crippen molar-refractivity contribution in [2.75, 3.05) is 44.3 Å². The Balaban J connectivity index is 1.54. The molecular weight excluding hydrogens is 442 g/mol. The summed E-state index contributed by atoms with van der Waals surface area (Å²) in [5, 5.41) is 3.32. The molecule has 0 amide bonds. The van der Waals surface area contributed by atoms with Crippen molar-refractivity contribution in [1.29, 1.82) is 0 Å². The summed E-state index contributed by atoms with van der Waals surface area (Å²) >= 11 is 0. The lowest BCUT2D eigenvalue weighted by atomic mass is 9.80. The zero-order valence-corrected chi connectivity index (χ0v) is 18.4. The SMILES string of the molecule is N[C@@H]1CNCC2(O1)c1cc(-c3cccnc3F)ccc1Oc1c(F)cc(N3CCOCC3)cc12. The lowest BCUT2D eigenvalue weighted by Crippen LogP contribution is -2.56. The molecule has 0 bridgehead atoms. The summed E-state index contributed by atoms with van der Waals surface area (Å²) in [6.45, 7) is 3.28. The first-order valence-electron chi connectivity index (χ1n) is 11.3. The molecule has 0 radical (unpaired) electrons. The fourth-order valence-electron chi connectivity index (χ4n) is 5.00. The molecule has 3 aromatic rings. The van der Waals surface area contributed by atoms with E-state index in [2.05, 4.69) is 15.2 Å². The molecule has 4 heterocycles. The molecular formula is C25H24F2N4O3. The number of aromatic nitrogens is 1. The molecule has 0 saturated carbocycles. The Morgan fingerprint density at radius 2 is 1.94 bits per heavy atom. The maximum absolute atomic E-state index is 15.5. The third-order valence-electron chi connectivity index (χ3n) is 6.61. The number of halogens is 2. The summed E-state index contributed by atoms with van der Waals surface area (Å²) in [5.41, 5.74) is 8.01. The van der Waals surface area contributed by atoms with E-state index in [4.69, 9.17) is 19.9 Å². The number of fused-ring (bicyclic) bond motifs is 4. The predicted octanol–water partition coefficient (Wildman–Crippen LogP) is 3.12. The number of benzene rings is 2. The van der Waals surface area contributed by atoms with Gasteiger partial charge in [-0.1, -0.05) is 6.07 Å². The highest BCUT2D eigenvalue weighted by atomic mass is 19.1. The van der Waals surface area contributed by atoms with Crippen molar-refractivity contribution in [2.45, 2.75) is 11.8 Å². The van der Waals surface area contributed by atoms with Crippen molar-refractivity contribution in [2.24, 2.45) is 5.73 Å². The first kappa shape index (κ1) is 21.4. The second-order valence-corrected chi connectivity index (χ2v) is 8.67. The highest BCUT2D eigenvalue weighted by Crippen LogP contribution is 2.52. The molecule has 2 atom stereocenters. The Morgan fingerprint density at radius 3 is 2.74 bits per heavy atom. The number of anilines is 1. The lowest BCUT2D eigenvalue weighted by Gasteiger charge is -2.45. The minimum Gasteiger partial charge on any atom is -0.453 e. The van der Waals surface area contributed by atoms with Crippen LogP contribution >= 0.6 is 0 Å². The van der Waals surface area contributed by atoms with Gasteiger partial charge in [-0.05, 0) is 35.9 Å². The normalized spacial score (nSPS) is 23.9. The number of hydrogen-bond acceptors (Lipinski definition) is 7. The third-order valence-corrected chi connectivity index (χ3v) is 6.61. The van der Waals surface area contributed by atoms with Gasteiger partial charge in [0.25, 0.3) is 0 Å². The van der Waals surface area contributed by atoms with Crippen molar-refractivity contribution in [3.05, 3.63) is 71.6 Å². The molecule has 2 saturated heterocycles. The van der Waals surface area contributed by atoms with Crippen molar-refractivity contribution in [3.8, 4) is 22.6 Å². The van der Waals surface area contributed by atoms with Crippen LogP contribution in [0, 0.1) is 11.8 Å². The largest absolute Gasteiger partial charge is 0.453 e. The Labute approximate surface area is 195 Å². The quantitative estimate of drug-likeness (QED) is 0.562. The molecule has 176 valence electrons. The van der Waals surface area contributed by atoms with Gasteiger partial charge in [0, 0.05) is 60.8 Å². The summed E-state index contributed by atoms with van der Waals surface area (Å²) in [5.74, 6) is -0.502. The van der Waals surface area contributed by atoms with Gasteiger partial charge in [0.2, 0.25) is 5.95 Å². The molecule has 2 fully saturated rings. The first-order chi connectivity index (χ1) is 16.5. The molecule has 9 heteroatoms. The van der Waals surface area contributed by atoms with E-state index in [1.54, 1.807) is 24.3 Å². The van der Waals surface area contributed by atoms with Gasteiger partial charge in [-0.2, -0.15) is 4.39 Å². The van der Waals surface area contributed by atoms with E-state index in [9.17, 15) is 4.39 Å². The molecule has 1 spiro atoms. The average molecular weight is 466 g/mol. The molecule has 2 aromatic carbocycles. The van der Waals surface area contributed by atoms with E-state index in [1.165, 1.54) is 12.3 Å². The van der Waals surface area contributed by atoms with Gasteiger partial charge in [-0.15, -0.1) is 0 Å².